The van der Waals surface area contributed by atoms with E-state index in [0.717, 1.165) is 4.90 Å². The van der Waals surface area contributed by atoms with Crippen molar-refractivity contribution in [2.75, 3.05) is 32.1 Å². The molecular weight excluding hydrogens is 362 g/mol. The number of hydrogen-bond acceptors (Lipinski definition) is 4. The van der Waals surface area contributed by atoms with Gasteiger partial charge in [-0.3, -0.25) is 9.59 Å². The molecule has 0 aliphatic rings. The van der Waals surface area contributed by atoms with Crippen LogP contribution < -0.4 is 10.6 Å². The van der Waals surface area contributed by atoms with Crippen LogP contribution in [0.4, 0.5) is 10.5 Å². The number of nitrogens with zero attached hydrogens (tertiary/aromatic N) is 1. The molecule has 9 heteroatoms. The number of methoxy groups -OCH3 is 1. The van der Waals surface area contributed by atoms with E-state index in [2.05, 4.69) is 10.6 Å². The molecule has 0 spiro atoms. The molecule has 0 atom stereocenters. The van der Waals surface area contributed by atoms with Gasteiger partial charge in [0.1, 0.15) is 6.54 Å². The fourth-order valence-corrected chi connectivity index (χ4v) is 2.26. The lowest BCUT2D eigenvalue weighted by Gasteiger charge is -2.22. The normalized spacial score (nSPS) is 11.0. The summed E-state index contributed by atoms with van der Waals surface area (Å²) in [6.45, 7) is 5.30. The molecular formula is C17H24ClN3O5. The predicted molar refractivity (Wildman–Crippen MR) is 98.8 cm³/mol. The molecule has 144 valence electrons. The maximum Gasteiger partial charge on any atom is 0.323 e. The summed E-state index contributed by atoms with van der Waals surface area (Å²) in [7, 11) is 1.45. The first kappa shape index (κ1) is 21.7. The number of amides is 3. The highest BCUT2D eigenvalue weighted by molar-refractivity contribution is 6.34. The molecule has 8 nitrogen and oxygen atoms in total. The number of carboxylic acid groups (broad SMARTS) is 1. The predicted octanol–water partition coefficient (Wildman–Crippen LogP) is 2.43. The van der Waals surface area contributed by atoms with E-state index >= 15 is 0 Å². The maximum absolute atomic E-state index is 12.7. The van der Waals surface area contributed by atoms with Crippen LogP contribution in [0.5, 0.6) is 0 Å². The van der Waals surface area contributed by atoms with Crippen molar-refractivity contribution in [1.82, 2.24) is 10.2 Å². The molecule has 0 unspecified atom stereocenters. The summed E-state index contributed by atoms with van der Waals surface area (Å²) in [6, 6.07) is 4.00. The van der Waals surface area contributed by atoms with Crippen LogP contribution >= 0.6 is 11.6 Å². The number of carboxylic acids is 1. The van der Waals surface area contributed by atoms with Crippen LogP contribution in [0.25, 0.3) is 0 Å². The minimum Gasteiger partial charge on any atom is -0.480 e. The number of rotatable bonds is 7. The van der Waals surface area contributed by atoms with Gasteiger partial charge in [-0.2, -0.15) is 0 Å². The zero-order chi connectivity index (χ0) is 19.9. The molecule has 1 rings (SSSR count). The van der Waals surface area contributed by atoms with Crippen LogP contribution in [-0.4, -0.2) is 60.3 Å². The second-order valence-electron chi connectivity index (χ2n) is 6.64. The van der Waals surface area contributed by atoms with Crippen molar-refractivity contribution in [1.29, 1.82) is 0 Å². The fraction of sp³-hybridized carbons (Fsp3) is 0.471. The summed E-state index contributed by atoms with van der Waals surface area (Å²) < 4.78 is 4.91. The van der Waals surface area contributed by atoms with Gasteiger partial charge in [-0.05, 0) is 39.0 Å². The van der Waals surface area contributed by atoms with Gasteiger partial charge in [-0.25, -0.2) is 4.79 Å². The van der Waals surface area contributed by atoms with Crippen LogP contribution in [0.3, 0.4) is 0 Å². The lowest BCUT2D eigenvalue weighted by Crippen LogP contribution is -2.43. The Morgan fingerprint density at radius 3 is 2.46 bits per heavy atom. The van der Waals surface area contributed by atoms with Crippen LogP contribution in [0.2, 0.25) is 5.02 Å². The van der Waals surface area contributed by atoms with Gasteiger partial charge < -0.3 is 25.4 Å². The van der Waals surface area contributed by atoms with Crippen LogP contribution in [-0.2, 0) is 9.53 Å². The molecule has 26 heavy (non-hydrogen) atoms. The van der Waals surface area contributed by atoms with Gasteiger partial charge in [0.2, 0.25) is 0 Å². The van der Waals surface area contributed by atoms with Crippen molar-refractivity contribution in [3.05, 3.63) is 28.8 Å². The molecule has 0 saturated heterocycles. The molecule has 0 aromatic heterocycles. The second kappa shape index (κ2) is 9.40. The Balaban J connectivity index is 3.01. The molecule has 0 saturated carbocycles. The summed E-state index contributed by atoms with van der Waals surface area (Å²) in [5.74, 6) is -1.71. The van der Waals surface area contributed by atoms with E-state index in [0.29, 0.717) is 5.69 Å². The topological polar surface area (TPSA) is 108 Å². The van der Waals surface area contributed by atoms with E-state index in [1.54, 1.807) is 6.07 Å². The smallest absolute Gasteiger partial charge is 0.323 e. The van der Waals surface area contributed by atoms with E-state index < -0.39 is 30.0 Å². The first-order chi connectivity index (χ1) is 12.0. The lowest BCUT2D eigenvalue weighted by molar-refractivity contribution is -0.137. The fourth-order valence-electron chi connectivity index (χ4n) is 2.06. The van der Waals surface area contributed by atoms with E-state index in [1.165, 1.54) is 19.2 Å². The monoisotopic (exact) mass is 385 g/mol. The van der Waals surface area contributed by atoms with Crippen molar-refractivity contribution < 1.29 is 24.2 Å². The summed E-state index contributed by atoms with van der Waals surface area (Å²) in [5.41, 5.74) is 0.0345. The number of halogens is 1. The Bertz CT molecular complexity index is 673. The van der Waals surface area contributed by atoms with Crippen LogP contribution in [0, 0.1) is 0 Å². The highest BCUT2D eigenvalue weighted by Gasteiger charge is 2.22. The summed E-state index contributed by atoms with van der Waals surface area (Å²) in [4.78, 5) is 36.8. The molecule has 1 aromatic carbocycles. The Morgan fingerprint density at radius 1 is 1.27 bits per heavy atom. The Kier molecular flexibility index (Phi) is 7.85. The number of urea groups is 1. The molecule has 1 aromatic rings. The average molecular weight is 386 g/mol. The SMILES string of the molecule is COCCN(CC(=O)O)C(=O)c1cc(NC(=O)NC(C)(C)C)ccc1Cl. The van der Waals surface area contributed by atoms with E-state index in [4.69, 9.17) is 21.4 Å². The molecule has 0 radical (unpaired) electrons. The number of nitrogens with one attached hydrogen (secondary N) is 2. The highest BCUT2D eigenvalue weighted by atomic mass is 35.5. The summed E-state index contributed by atoms with van der Waals surface area (Å²) >= 11 is 6.09. The summed E-state index contributed by atoms with van der Waals surface area (Å²) in [5, 5.41) is 14.5. The van der Waals surface area contributed by atoms with Gasteiger partial charge >= 0.3 is 12.0 Å². The zero-order valence-electron chi connectivity index (χ0n) is 15.3. The summed E-state index contributed by atoms with van der Waals surface area (Å²) in [6.07, 6.45) is 0. The van der Waals surface area contributed by atoms with Crippen LogP contribution in [0.15, 0.2) is 18.2 Å². The van der Waals surface area contributed by atoms with E-state index in [9.17, 15) is 14.4 Å². The quantitative estimate of drug-likeness (QED) is 0.668. The van der Waals surface area contributed by atoms with Crippen molar-refractivity contribution >= 4 is 35.2 Å². The van der Waals surface area contributed by atoms with Gasteiger partial charge in [0.15, 0.2) is 0 Å². The first-order valence-corrected chi connectivity index (χ1v) is 8.30. The number of carbonyl (C=O) groups is 3. The third-order valence-electron chi connectivity index (χ3n) is 3.12. The van der Waals surface area contributed by atoms with Gasteiger partial charge in [-0.15, -0.1) is 0 Å². The Labute approximate surface area is 157 Å². The highest BCUT2D eigenvalue weighted by Crippen LogP contribution is 2.22. The molecule has 0 bridgehead atoms. The molecule has 0 heterocycles. The average Bonchev–Trinajstić information content (AvgIpc) is 2.50. The third kappa shape index (κ3) is 7.28. The van der Waals surface area contributed by atoms with Crippen molar-refractivity contribution in [3.8, 4) is 0 Å². The molecule has 3 N–H and O–H groups in total. The Hall–Kier alpha value is -2.32. The van der Waals surface area contributed by atoms with Crippen molar-refractivity contribution in [2.45, 2.75) is 26.3 Å². The Morgan fingerprint density at radius 2 is 1.92 bits per heavy atom. The van der Waals surface area contributed by atoms with Crippen molar-refractivity contribution in [2.24, 2.45) is 0 Å². The number of aliphatic carboxylic acids is 1. The number of carbonyl (C=O) groups excluding carboxylic acids is 2. The molecule has 0 aliphatic carbocycles. The zero-order valence-corrected chi connectivity index (χ0v) is 16.0. The van der Waals surface area contributed by atoms with E-state index in [1.807, 2.05) is 20.8 Å². The first-order valence-electron chi connectivity index (χ1n) is 7.92. The number of benzene rings is 1. The largest absolute Gasteiger partial charge is 0.480 e. The molecule has 0 aliphatic heterocycles. The van der Waals surface area contributed by atoms with Crippen LogP contribution in [0.1, 0.15) is 31.1 Å². The van der Waals surface area contributed by atoms with Gasteiger partial charge in [-0.1, -0.05) is 11.6 Å². The molecule has 3 amide bonds. The molecule has 0 fully saturated rings. The number of anilines is 1. The lowest BCUT2D eigenvalue weighted by atomic mass is 10.1. The van der Waals surface area contributed by atoms with Gasteiger partial charge in [0.25, 0.3) is 5.91 Å². The number of hydrogen-bond donors (Lipinski definition) is 3. The number of ether oxygens (including phenoxy) is 1. The van der Waals surface area contributed by atoms with Crippen molar-refractivity contribution in [3.63, 3.8) is 0 Å². The van der Waals surface area contributed by atoms with E-state index in [-0.39, 0.29) is 23.7 Å². The third-order valence-corrected chi connectivity index (χ3v) is 3.45. The van der Waals surface area contributed by atoms with Gasteiger partial charge in [0.05, 0.1) is 17.2 Å². The second-order valence-corrected chi connectivity index (χ2v) is 7.04. The maximum atomic E-state index is 12.7. The van der Waals surface area contributed by atoms with Gasteiger partial charge in [0, 0.05) is 24.9 Å². The minimum atomic E-state index is -1.15. The minimum absolute atomic E-state index is 0.0950. The standard InChI is InChI=1S/C17H24ClN3O5/c1-17(2,3)20-16(25)19-11-5-6-13(18)12(9-11)15(24)21(7-8-26-4)10-14(22)23/h5-6,9H,7-8,10H2,1-4H3,(H,22,23)(H2,19,20,25).